The summed E-state index contributed by atoms with van der Waals surface area (Å²) in [5, 5.41) is 4.78. The number of thiophene rings is 1. The highest BCUT2D eigenvalue weighted by Gasteiger charge is 2.12. The number of ether oxygens (including phenoxy) is 2. The zero-order chi connectivity index (χ0) is 19.9. The lowest BCUT2D eigenvalue weighted by Gasteiger charge is -2.09. The van der Waals surface area contributed by atoms with Crippen molar-refractivity contribution in [3.05, 3.63) is 47.6 Å². The Balaban J connectivity index is 1.83. The van der Waals surface area contributed by atoms with Crippen LogP contribution in [0.5, 0.6) is 11.5 Å². The van der Waals surface area contributed by atoms with Crippen molar-refractivity contribution in [2.75, 3.05) is 20.8 Å². The predicted octanol–water partition coefficient (Wildman–Crippen LogP) is 4.42. The molecule has 7 heteroatoms. The van der Waals surface area contributed by atoms with Gasteiger partial charge in [-0.3, -0.25) is 9.78 Å². The molecule has 0 saturated heterocycles. The Kier molecular flexibility index (Phi) is 6.60. The molecule has 0 aliphatic carbocycles. The molecule has 1 N–H and O–H groups in total. The van der Waals surface area contributed by atoms with Crippen LogP contribution in [0.25, 0.3) is 21.8 Å². The summed E-state index contributed by atoms with van der Waals surface area (Å²) in [4.78, 5) is 22.1. The number of methoxy groups -OCH3 is 2. The zero-order valence-electron chi connectivity index (χ0n) is 16.2. The Hall–Kier alpha value is -2.93. The lowest BCUT2D eigenvalue weighted by Crippen LogP contribution is -2.23. The molecule has 0 unspecified atom stereocenters. The van der Waals surface area contributed by atoms with Gasteiger partial charge in [0.2, 0.25) is 0 Å². The van der Waals surface area contributed by atoms with Gasteiger partial charge in [-0.05, 0) is 30.7 Å². The number of rotatable bonds is 8. The smallest absolute Gasteiger partial charge is 0.252 e. The molecule has 2 heterocycles. The summed E-state index contributed by atoms with van der Waals surface area (Å²) in [6.45, 7) is 2.79. The summed E-state index contributed by atoms with van der Waals surface area (Å²) in [6.07, 6.45) is 5.43. The average molecular weight is 398 g/mol. The third-order valence-corrected chi connectivity index (χ3v) is 5.20. The third kappa shape index (κ3) is 4.48. The van der Waals surface area contributed by atoms with Gasteiger partial charge in [0.25, 0.3) is 5.91 Å². The number of carbonyl (C=O) groups is 1. The first kappa shape index (κ1) is 19.8. The van der Waals surface area contributed by atoms with E-state index in [9.17, 15) is 4.79 Å². The lowest BCUT2D eigenvalue weighted by atomic mass is 10.1. The van der Waals surface area contributed by atoms with Gasteiger partial charge in [-0.25, -0.2) is 4.98 Å². The second-order valence-electron chi connectivity index (χ2n) is 6.17. The van der Waals surface area contributed by atoms with Crippen LogP contribution in [-0.4, -0.2) is 36.6 Å². The van der Waals surface area contributed by atoms with Gasteiger partial charge in [0.1, 0.15) is 0 Å². The quantitative estimate of drug-likeness (QED) is 0.570. The van der Waals surface area contributed by atoms with Crippen LogP contribution >= 0.6 is 11.3 Å². The number of hydrogen-bond donors (Lipinski definition) is 1. The van der Waals surface area contributed by atoms with Gasteiger partial charge in [-0.2, -0.15) is 0 Å². The van der Waals surface area contributed by atoms with E-state index in [2.05, 4.69) is 17.2 Å². The zero-order valence-corrected chi connectivity index (χ0v) is 17.0. The average Bonchev–Trinajstić information content (AvgIpc) is 3.24. The van der Waals surface area contributed by atoms with Crippen LogP contribution < -0.4 is 14.8 Å². The number of nitrogens with one attached hydrogen (secondary N) is 1. The van der Waals surface area contributed by atoms with E-state index in [0.29, 0.717) is 23.6 Å². The molecule has 0 spiro atoms. The molecule has 0 radical (unpaired) electrons. The number of carbonyl (C=O) groups excluding carboxylic acids is 1. The summed E-state index contributed by atoms with van der Waals surface area (Å²) in [7, 11) is 3.20. The first-order chi connectivity index (χ1) is 13.7. The van der Waals surface area contributed by atoms with Gasteiger partial charge in [-0.15, -0.1) is 11.3 Å². The minimum Gasteiger partial charge on any atom is -0.493 e. The second kappa shape index (κ2) is 9.32. The highest BCUT2D eigenvalue weighted by atomic mass is 32.1. The Morgan fingerprint density at radius 1 is 1.11 bits per heavy atom. The number of amides is 1. The van der Waals surface area contributed by atoms with E-state index in [1.807, 2.05) is 29.6 Å². The molecule has 3 rings (SSSR count). The van der Waals surface area contributed by atoms with E-state index in [-0.39, 0.29) is 5.91 Å². The topological polar surface area (TPSA) is 73.3 Å². The summed E-state index contributed by atoms with van der Waals surface area (Å²) >= 11 is 1.48. The van der Waals surface area contributed by atoms with Crippen molar-refractivity contribution in [1.29, 1.82) is 0 Å². The fourth-order valence-corrected chi connectivity index (χ4v) is 3.53. The summed E-state index contributed by atoms with van der Waals surface area (Å²) in [6, 6.07) is 7.48. The molecule has 1 amide bonds. The molecule has 146 valence electrons. The SMILES string of the molecule is CCCCNC(=O)c1csc(-c2cncc(-c3ccc(OC)c(OC)c3)n2)c1. The maximum atomic E-state index is 12.2. The van der Waals surface area contributed by atoms with Crippen LogP contribution in [-0.2, 0) is 0 Å². The van der Waals surface area contributed by atoms with Gasteiger partial charge in [0.15, 0.2) is 11.5 Å². The molecule has 0 aliphatic heterocycles. The standard InChI is InChI=1S/C21H23N3O3S/c1-4-5-8-23-21(25)15-10-20(28-13-15)17-12-22-11-16(24-17)14-6-7-18(26-2)19(9-14)27-3/h6-7,9-13H,4-5,8H2,1-3H3,(H,23,25). The molecule has 0 aliphatic rings. The van der Waals surface area contributed by atoms with E-state index in [1.54, 1.807) is 26.6 Å². The Morgan fingerprint density at radius 2 is 1.89 bits per heavy atom. The van der Waals surface area contributed by atoms with Gasteiger partial charge < -0.3 is 14.8 Å². The van der Waals surface area contributed by atoms with Crippen molar-refractivity contribution in [3.63, 3.8) is 0 Å². The number of hydrogen-bond acceptors (Lipinski definition) is 6. The Labute approximate surface area is 168 Å². The summed E-state index contributed by atoms with van der Waals surface area (Å²) in [5.41, 5.74) is 2.97. The molecule has 2 aromatic heterocycles. The first-order valence-electron chi connectivity index (χ1n) is 9.07. The molecule has 0 saturated carbocycles. The van der Waals surface area contributed by atoms with Crippen molar-refractivity contribution in [2.24, 2.45) is 0 Å². The van der Waals surface area contributed by atoms with Gasteiger partial charge >= 0.3 is 0 Å². The third-order valence-electron chi connectivity index (χ3n) is 4.24. The van der Waals surface area contributed by atoms with Crippen LogP contribution in [0.4, 0.5) is 0 Å². The molecular formula is C21H23N3O3S. The first-order valence-corrected chi connectivity index (χ1v) is 9.95. The number of aromatic nitrogens is 2. The number of nitrogens with zero attached hydrogens (tertiary/aromatic N) is 2. The van der Waals surface area contributed by atoms with Crippen molar-refractivity contribution in [2.45, 2.75) is 19.8 Å². The monoisotopic (exact) mass is 397 g/mol. The molecule has 0 bridgehead atoms. The fraction of sp³-hybridized carbons (Fsp3) is 0.286. The van der Waals surface area contributed by atoms with Crippen LogP contribution in [0, 0.1) is 0 Å². The van der Waals surface area contributed by atoms with Crippen molar-refractivity contribution < 1.29 is 14.3 Å². The molecular weight excluding hydrogens is 374 g/mol. The normalized spacial score (nSPS) is 10.5. The molecule has 6 nitrogen and oxygen atoms in total. The molecule has 3 aromatic rings. The van der Waals surface area contributed by atoms with E-state index >= 15 is 0 Å². The van der Waals surface area contributed by atoms with Crippen LogP contribution in [0.2, 0.25) is 0 Å². The highest BCUT2D eigenvalue weighted by molar-refractivity contribution is 7.13. The van der Waals surface area contributed by atoms with E-state index < -0.39 is 0 Å². The van der Waals surface area contributed by atoms with Gasteiger partial charge in [-0.1, -0.05) is 13.3 Å². The minimum absolute atomic E-state index is 0.0556. The van der Waals surface area contributed by atoms with E-state index in [0.717, 1.165) is 34.7 Å². The molecule has 1 aromatic carbocycles. The van der Waals surface area contributed by atoms with Crippen LogP contribution in [0.1, 0.15) is 30.1 Å². The fourth-order valence-electron chi connectivity index (χ4n) is 2.69. The largest absolute Gasteiger partial charge is 0.493 e. The molecule has 0 atom stereocenters. The van der Waals surface area contributed by atoms with Gasteiger partial charge in [0, 0.05) is 17.5 Å². The Bertz CT molecular complexity index is 956. The maximum absolute atomic E-state index is 12.2. The van der Waals surface area contributed by atoms with E-state index in [1.165, 1.54) is 11.3 Å². The summed E-state index contributed by atoms with van der Waals surface area (Å²) < 4.78 is 10.7. The van der Waals surface area contributed by atoms with Crippen LogP contribution in [0.15, 0.2) is 42.0 Å². The predicted molar refractivity (Wildman–Crippen MR) is 111 cm³/mol. The molecule has 28 heavy (non-hydrogen) atoms. The van der Waals surface area contributed by atoms with Crippen molar-refractivity contribution in [1.82, 2.24) is 15.3 Å². The Morgan fingerprint density at radius 3 is 2.64 bits per heavy atom. The maximum Gasteiger partial charge on any atom is 0.252 e. The minimum atomic E-state index is -0.0556. The number of benzene rings is 1. The lowest BCUT2D eigenvalue weighted by molar-refractivity contribution is 0.0953. The number of unbranched alkanes of at least 4 members (excludes halogenated alkanes) is 1. The van der Waals surface area contributed by atoms with Crippen molar-refractivity contribution in [3.8, 4) is 33.3 Å². The van der Waals surface area contributed by atoms with E-state index in [4.69, 9.17) is 14.5 Å². The highest BCUT2D eigenvalue weighted by Crippen LogP contribution is 2.32. The summed E-state index contributed by atoms with van der Waals surface area (Å²) in [5.74, 6) is 1.24. The second-order valence-corrected chi connectivity index (χ2v) is 7.08. The van der Waals surface area contributed by atoms with Gasteiger partial charge in [0.05, 0.1) is 48.4 Å². The van der Waals surface area contributed by atoms with Crippen molar-refractivity contribution >= 4 is 17.2 Å². The van der Waals surface area contributed by atoms with Crippen LogP contribution in [0.3, 0.4) is 0 Å². The molecule has 0 fully saturated rings.